The predicted octanol–water partition coefficient (Wildman–Crippen LogP) is 3.51. The molecular weight excluding hydrogens is 712 g/mol. The van der Waals surface area contributed by atoms with Crippen molar-refractivity contribution in [1.29, 1.82) is 0 Å². The van der Waals surface area contributed by atoms with Crippen molar-refractivity contribution in [2.75, 3.05) is 0 Å². The summed E-state index contributed by atoms with van der Waals surface area (Å²) in [5.41, 5.74) is -0.258. The van der Waals surface area contributed by atoms with Crippen LogP contribution in [0.25, 0.3) is 21.9 Å². The minimum Gasteiger partial charge on any atom is -0.507 e. The number of phenolic OH excluding ortho intramolecular Hbond substituents is 1. The summed E-state index contributed by atoms with van der Waals surface area (Å²) >= 11 is 0. The van der Waals surface area contributed by atoms with Crippen LogP contribution in [0.2, 0.25) is 0 Å². The van der Waals surface area contributed by atoms with Gasteiger partial charge in [-0.2, -0.15) is 0 Å². The lowest BCUT2D eigenvalue weighted by atomic mass is 9.76. The number of rotatable bonds is 9. The number of hydrogen-bond donors (Lipinski definition) is 6. The molecule has 1 fully saturated rings. The fraction of sp³-hybridized carbons (Fsp3) is 0.238. The molecule has 1 heterocycles. The van der Waals surface area contributed by atoms with Crippen LogP contribution < -0.4 is 9.47 Å². The Morgan fingerprint density at radius 1 is 0.764 bits per heavy atom. The molecule has 13 heteroatoms. The smallest absolute Gasteiger partial charge is 0.308 e. The van der Waals surface area contributed by atoms with Crippen LogP contribution in [0, 0.1) is 0 Å². The van der Waals surface area contributed by atoms with E-state index in [0.717, 1.165) is 10.8 Å². The lowest BCUT2D eigenvalue weighted by Crippen LogP contribution is -2.58. The van der Waals surface area contributed by atoms with Gasteiger partial charge in [0.2, 0.25) is 6.29 Å². The minimum atomic E-state index is -1.81. The molecule has 0 spiro atoms. The maximum Gasteiger partial charge on any atom is 0.308 e. The largest absolute Gasteiger partial charge is 0.507 e. The van der Waals surface area contributed by atoms with Crippen molar-refractivity contribution in [2.24, 2.45) is 0 Å². The number of aromatic hydroxyl groups is 1. The van der Waals surface area contributed by atoms with E-state index in [4.69, 9.17) is 14.2 Å². The third kappa shape index (κ3) is 6.46. The van der Waals surface area contributed by atoms with Crippen LogP contribution in [0.5, 0.6) is 17.2 Å². The maximum atomic E-state index is 14.9. The molecule has 6 N–H and O–H groups in total. The molecule has 0 unspecified atom stereocenters. The first-order chi connectivity index (χ1) is 26.4. The van der Waals surface area contributed by atoms with Gasteiger partial charge in [-0.15, -0.1) is 0 Å². The number of aliphatic hydroxyl groups is 5. The van der Waals surface area contributed by atoms with Crippen molar-refractivity contribution in [3.8, 4) is 28.4 Å². The van der Waals surface area contributed by atoms with Gasteiger partial charge in [0.25, 0.3) is 0 Å². The van der Waals surface area contributed by atoms with E-state index in [2.05, 4.69) is 0 Å². The van der Waals surface area contributed by atoms with Crippen LogP contribution in [-0.2, 0) is 29.2 Å². The predicted molar refractivity (Wildman–Crippen MR) is 195 cm³/mol. The number of ketones is 2. The number of aldehydes is 1. The topological polar surface area (TPSA) is 217 Å². The summed E-state index contributed by atoms with van der Waals surface area (Å²) in [7, 11) is 0. The first kappa shape index (κ1) is 37.5. The summed E-state index contributed by atoms with van der Waals surface area (Å²) in [4.78, 5) is 54.2. The molecule has 0 bridgehead atoms. The molecule has 0 aromatic heterocycles. The zero-order valence-electron chi connectivity index (χ0n) is 29.6. The Morgan fingerprint density at radius 3 is 2.16 bits per heavy atom. The second-order valence-electron chi connectivity index (χ2n) is 13.5. The summed E-state index contributed by atoms with van der Waals surface area (Å²) in [5, 5.41) is 65.8. The zero-order valence-corrected chi connectivity index (χ0v) is 29.6. The molecule has 5 aromatic rings. The number of carbonyl (C=O) groups is 4. The highest BCUT2D eigenvalue weighted by Gasteiger charge is 2.45. The number of carbonyl (C=O) groups excluding carboxylic acids is 4. The molecule has 13 nitrogen and oxygen atoms in total. The average molecular weight is 749 g/mol. The van der Waals surface area contributed by atoms with Gasteiger partial charge in [0, 0.05) is 46.7 Å². The van der Waals surface area contributed by atoms with Crippen LogP contribution in [0.1, 0.15) is 78.3 Å². The van der Waals surface area contributed by atoms with Gasteiger partial charge in [-0.3, -0.25) is 19.2 Å². The lowest BCUT2D eigenvalue weighted by Gasteiger charge is -2.39. The lowest BCUT2D eigenvalue weighted by molar-refractivity contribution is -0.268. The molecule has 0 amide bonds. The number of ether oxygens (including phenoxy) is 3. The quantitative estimate of drug-likeness (QED) is 0.0710. The molecule has 0 saturated carbocycles. The Hall–Kier alpha value is -5.80. The van der Waals surface area contributed by atoms with E-state index in [1.54, 1.807) is 30.3 Å². The molecule has 7 rings (SSSR count). The molecule has 1 aliphatic carbocycles. The van der Waals surface area contributed by atoms with Crippen LogP contribution in [0.3, 0.4) is 0 Å². The van der Waals surface area contributed by atoms with E-state index in [0.29, 0.717) is 17.4 Å². The standard InChI is InChI=1S/C42H36O13/c1-19-36(47)40(51)41(52)42(53-19)55-30-15-28-34(37(48)27(30)13-23-8-5-9-25(16-43)29(23)18-45)39(50)33-26(17-44)14-31(54-20(2)46)32(35(33)38(28)49)24-11-10-21-6-3-4-7-22(21)12-24/h3-12,14-15,18-19,36,40-44,47-48,51-52H,13,16-17H2,1-2H3/t19-,36+,40+,41+,42+/m0/s1. The number of fused-ring (bicyclic) bond motifs is 3. The fourth-order valence-electron chi connectivity index (χ4n) is 7.36. The summed E-state index contributed by atoms with van der Waals surface area (Å²) in [5.74, 6) is -3.49. The average Bonchev–Trinajstić information content (AvgIpc) is 3.18. The third-order valence-electron chi connectivity index (χ3n) is 10.1. The van der Waals surface area contributed by atoms with E-state index in [9.17, 15) is 49.8 Å². The van der Waals surface area contributed by atoms with Crippen molar-refractivity contribution in [1.82, 2.24) is 0 Å². The summed E-state index contributed by atoms with van der Waals surface area (Å²) in [6.07, 6.45) is -7.44. The van der Waals surface area contributed by atoms with E-state index < -0.39 is 72.8 Å². The van der Waals surface area contributed by atoms with Gasteiger partial charge in [0.15, 0.2) is 17.9 Å². The fourth-order valence-corrected chi connectivity index (χ4v) is 7.36. The van der Waals surface area contributed by atoms with Gasteiger partial charge in [-0.05, 0) is 58.1 Å². The molecule has 55 heavy (non-hydrogen) atoms. The third-order valence-corrected chi connectivity index (χ3v) is 10.1. The highest BCUT2D eigenvalue weighted by atomic mass is 16.7. The summed E-state index contributed by atoms with van der Waals surface area (Å²) in [6, 6.07) is 19.8. The molecule has 5 aromatic carbocycles. The normalized spacial score (nSPS) is 20.5. The summed E-state index contributed by atoms with van der Waals surface area (Å²) in [6.45, 7) is 1.37. The van der Waals surface area contributed by atoms with E-state index in [1.807, 2.05) is 24.3 Å². The summed E-state index contributed by atoms with van der Waals surface area (Å²) < 4.78 is 17.3. The Kier molecular flexibility index (Phi) is 10.1. The molecule has 1 aliphatic heterocycles. The molecule has 1 saturated heterocycles. The van der Waals surface area contributed by atoms with E-state index in [1.165, 1.54) is 32.0 Å². The maximum absolute atomic E-state index is 14.9. The number of aliphatic hydroxyl groups excluding tert-OH is 5. The molecule has 0 radical (unpaired) electrons. The Bertz CT molecular complexity index is 2400. The second-order valence-corrected chi connectivity index (χ2v) is 13.5. The molecule has 5 atom stereocenters. The number of hydrogen-bond acceptors (Lipinski definition) is 13. The van der Waals surface area contributed by atoms with Gasteiger partial charge in [0.1, 0.15) is 35.6 Å². The van der Waals surface area contributed by atoms with E-state index in [-0.39, 0.29) is 62.4 Å². The van der Waals surface area contributed by atoms with Gasteiger partial charge in [-0.25, -0.2) is 0 Å². The van der Waals surface area contributed by atoms with Crippen LogP contribution in [0.15, 0.2) is 72.8 Å². The number of esters is 1. The van der Waals surface area contributed by atoms with Crippen molar-refractivity contribution in [3.63, 3.8) is 0 Å². The SMILES string of the molecule is CC(=O)Oc1cc(CO)c2c(c1-c1ccc3ccccc3c1)C(=O)c1cc(O[C@H]3O[C@@H](C)[C@@H](O)[C@@H](O)[C@H]3O)c(Cc3cccc(CO)c3C=O)c(O)c1C2=O. The Morgan fingerprint density at radius 2 is 1.47 bits per heavy atom. The minimum absolute atomic E-state index is 0.0554. The first-order valence-corrected chi connectivity index (χ1v) is 17.4. The molecule has 282 valence electrons. The number of phenols is 1. The van der Waals surface area contributed by atoms with Crippen molar-refractivity contribution in [2.45, 2.75) is 64.2 Å². The van der Waals surface area contributed by atoms with Gasteiger partial charge < -0.3 is 44.8 Å². The second kappa shape index (κ2) is 14.8. The van der Waals surface area contributed by atoms with Crippen LogP contribution >= 0.6 is 0 Å². The monoisotopic (exact) mass is 748 g/mol. The van der Waals surface area contributed by atoms with Crippen LogP contribution in [-0.4, -0.2) is 85.2 Å². The molecule has 2 aliphatic rings. The highest BCUT2D eigenvalue weighted by molar-refractivity contribution is 6.32. The van der Waals surface area contributed by atoms with E-state index >= 15 is 0 Å². The first-order valence-electron chi connectivity index (χ1n) is 17.4. The van der Waals surface area contributed by atoms with Crippen molar-refractivity contribution >= 4 is 34.6 Å². The zero-order chi connectivity index (χ0) is 39.3. The Balaban J connectivity index is 1.48. The highest BCUT2D eigenvalue weighted by Crippen LogP contribution is 2.47. The van der Waals surface area contributed by atoms with Crippen molar-refractivity contribution in [3.05, 3.63) is 123 Å². The molecular formula is C42H36O13. The Labute approximate surface area is 313 Å². The van der Waals surface area contributed by atoms with Crippen molar-refractivity contribution < 1.29 is 64.0 Å². The van der Waals surface area contributed by atoms with Gasteiger partial charge in [0.05, 0.1) is 24.9 Å². The van der Waals surface area contributed by atoms with Crippen LogP contribution in [0.4, 0.5) is 0 Å². The number of benzene rings is 5. The van der Waals surface area contributed by atoms with Gasteiger partial charge in [-0.1, -0.05) is 54.6 Å². The van der Waals surface area contributed by atoms with Gasteiger partial charge >= 0.3 is 5.97 Å².